The fourth-order valence-corrected chi connectivity index (χ4v) is 1.90. The lowest BCUT2D eigenvalue weighted by molar-refractivity contribution is 0.0469. The third kappa shape index (κ3) is 3.32. The summed E-state index contributed by atoms with van der Waals surface area (Å²) < 4.78 is 5.26. The van der Waals surface area contributed by atoms with E-state index in [0.29, 0.717) is 17.5 Å². The van der Waals surface area contributed by atoms with Gasteiger partial charge < -0.3 is 4.74 Å². The molecule has 0 amide bonds. The summed E-state index contributed by atoms with van der Waals surface area (Å²) in [7, 11) is 0. The largest absolute Gasteiger partial charge is 0.457 e. The Balaban J connectivity index is 2.12. The molecule has 3 heteroatoms. The molecule has 0 saturated heterocycles. The maximum Gasteiger partial charge on any atom is 0.339 e. The van der Waals surface area contributed by atoms with Gasteiger partial charge in [-0.05, 0) is 11.6 Å². The predicted octanol–water partition coefficient (Wildman–Crippen LogP) is 3.64. The minimum atomic E-state index is -0.466. The van der Waals surface area contributed by atoms with E-state index in [1.807, 2.05) is 30.3 Å². The second kappa shape index (κ2) is 6.66. The molecule has 0 spiro atoms. The van der Waals surface area contributed by atoms with Crippen LogP contribution < -0.4 is 0 Å². The molecule has 0 N–H and O–H groups in total. The van der Waals surface area contributed by atoms with Gasteiger partial charge in [-0.3, -0.25) is 4.79 Å². The fourth-order valence-electron chi connectivity index (χ4n) is 1.90. The number of carbonyl (C=O) groups excluding carboxylic acids is 2. The van der Waals surface area contributed by atoms with Crippen molar-refractivity contribution in [2.24, 2.45) is 0 Å². The van der Waals surface area contributed by atoms with Crippen molar-refractivity contribution in [2.45, 2.75) is 20.0 Å². The first-order chi connectivity index (χ1) is 9.72. The molecule has 0 heterocycles. The second-order valence-electron chi connectivity index (χ2n) is 4.38. The van der Waals surface area contributed by atoms with E-state index in [1.165, 1.54) is 0 Å². The minimum absolute atomic E-state index is 0.0581. The van der Waals surface area contributed by atoms with E-state index in [-0.39, 0.29) is 12.4 Å². The van der Waals surface area contributed by atoms with Crippen molar-refractivity contribution in [1.29, 1.82) is 0 Å². The van der Waals surface area contributed by atoms with Crippen molar-refractivity contribution in [3.8, 4) is 0 Å². The molecule has 0 aliphatic heterocycles. The second-order valence-corrected chi connectivity index (χ2v) is 4.38. The molecule has 0 unspecified atom stereocenters. The highest BCUT2D eigenvalue weighted by Gasteiger charge is 2.16. The molecule has 0 fully saturated rings. The Morgan fingerprint density at radius 1 is 0.900 bits per heavy atom. The van der Waals surface area contributed by atoms with Crippen LogP contribution in [0.5, 0.6) is 0 Å². The van der Waals surface area contributed by atoms with Gasteiger partial charge in [0.25, 0.3) is 0 Å². The Hall–Kier alpha value is -2.42. The number of hydrogen-bond donors (Lipinski definition) is 0. The van der Waals surface area contributed by atoms with Gasteiger partial charge in [-0.15, -0.1) is 0 Å². The maximum atomic E-state index is 12.1. The van der Waals surface area contributed by atoms with Crippen LogP contribution in [0.2, 0.25) is 0 Å². The Morgan fingerprint density at radius 3 is 2.15 bits per heavy atom. The monoisotopic (exact) mass is 268 g/mol. The molecule has 0 saturated carbocycles. The third-order valence-electron chi connectivity index (χ3n) is 2.98. The van der Waals surface area contributed by atoms with Gasteiger partial charge in [-0.25, -0.2) is 4.79 Å². The van der Waals surface area contributed by atoms with Crippen molar-refractivity contribution in [1.82, 2.24) is 0 Å². The Labute approximate surface area is 118 Å². The number of hydrogen-bond acceptors (Lipinski definition) is 3. The molecule has 2 aromatic carbocycles. The van der Waals surface area contributed by atoms with Crippen molar-refractivity contribution in [3.05, 3.63) is 71.3 Å². The molecule has 2 rings (SSSR count). The van der Waals surface area contributed by atoms with Crippen molar-refractivity contribution in [3.63, 3.8) is 0 Å². The Kier molecular flexibility index (Phi) is 4.66. The van der Waals surface area contributed by atoms with Crippen molar-refractivity contribution < 1.29 is 14.3 Å². The summed E-state index contributed by atoms with van der Waals surface area (Å²) in [5.41, 5.74) is 1.67. The smallest absolute Gasteiger partial charge is 0.339 e. The highest BCUT2D eigenvalue weighted by molar-refractivity contribution is 6.06. The molecule has 0 atom stereocenters. The van der Waals surface area contributed by atoms with Crippen LogP contribution in [-0.2, 0) is 11.3 Å². The summed E-state index contributed by atoms with van der Waals surface area (Å²) in [6, 6.07) is 16.2. The number of esters is 1. The summed E-state index contributed by atoms with van der Waals surface area (Å²) in [6.45, 7) is 1.97. The van der Waals surface area contributed by atoms with Crippen molar-refractivity contribution >= 4 is 11.8 Å². The van der Waals surface area contributed by atoms with Crippen LogP contribution in [0.4, 0.5) is 0 Å². The van der Waals surface area contributed by atoms with E-state index in [0.717, 1.165) is 5.56 Å². The first-order valence-electron chi connectivity index (χ1n) is 6.55. The van der Waals surface area contributed by atoms with E-state index in [9.17, 15) is 9.59 Å². The van der Waals surface area contributed by atoms with E-state index < -0.39 is 5.97 Å². The van der Waals surface area contributed by atoms with Crippen LogP contribution in [0.15, 0.2) is 54.6 Å². The summed E-state index contributed by atoms with van der Waals surface area (Å²) in [4.78, 5) is 23.9. The van der Waals surface area contributed by atoms with Crippen LogP contribution in [0.1, 0.15) is 39.6 Å². The van der Waals surface area contributed by atoms with Gasteiger partial charge >= 0.3 is 5.97 Å². The molecule has 20 heavy (non-hydrogen) atoms. The molecule has 0 radical (unpaired) electrons. The molecule has 2 aromatic rings. The molecule has 102 valence electrons. The highest BCUT2D eigenvalue weighted by atomic mass is 16.5. The molecular weight excluding hydrogens is 252 g/mol. The normalized spacial score (nSPS) is 10.1. The number of carbonyl (C=O) groups is 2. The van der Waals surface area contributed by atoms with Gasteiger partial charge in [0, 0.05) is 12.0 Å². The van der Waals surface area contributed by atoms with Gasteiger partial charge in [0.05, 0.1) is 5.56 Å². The Morgan fingerprint density at radius 2 is 1.50 bits per heavy atom. The number of rotatable bonds is 5. The molecule has 0 aliphatic rings. The SMILES string of the molecule is CCC(=O)c1ccccc1C(=O)OCc1ccccc1. The van der Waals surface area contributed by atoms with Crippen LogP contribution in [-0.4, -0.2) is 11.8 Å². The van der Waals surface area contributed by atoms with Gasteiger partial charge in [0.1, 0.15) is 6.61 Å². The fraction of sp³-hybridized carbons (Fsp3) is 0.176. The minimum Gasteiger partial charge on any atom is -0.457 e. The van der Waals surface area contributed by atoms with Gasteiger partial charge in [0.15, 0.2) is 5.78 Å². The average Bonchev–Trinajstić information content (AvgIpc) is 2.52. The third-order valence-corrected chi connectivity index (χ3v) is 2.98. The standard InChI is InChI=1S/C17H16O3/c1-2-16(18)14-10-6-7-11-15(14)17(19)20-12-13-8-4-3-5-9-13/h3-11H,2,12H2,1H3. The van der Waals surface area contributed by atoms with E-state index in [2.05, 4.69) is 0 Å². The number of ether oxygens (including phenoxy) is 1. The summed E-state index contributed by atoms with van der Waals surface area (Å²) in [6.07, 6.45) is 0.364. The zero-order valence-corrected chi connectivity index (χ0v) is 11.3. The first-order valence-corrected chi connectivity index (χ1v) is 6.55. The number of Topliss-reactive ketones (excluding diaryl/α,β-unsaturated/α-hetero) is 1. The number of benzene rings is 2. The summed E-state index contributed by atoms with van der Waals surface area (Å²) in [5.74, 6) is -0.525. The van der Waals surface area contributed by atoms with Crippen LogP contribution in [0, 0.1) is 0 Å². The predicted molar refractivity (Wildman–Crippen MR) is 76.6 cm³/mol. The van der Waals surface area contributed by atoms with Crippen LogP contribution >= 0.6 is 0 Å². The topological polar surface area (TPSA) is 43.4 Å². The molecule has 3 nitrogen and oxygen atoms in total. The zero-order chi connectivity index (χ0) is 14.4. The molecular formula is C17H16O3. The Bertz CT molecular complexity index is 603. The maximum absolute atomic E-state index is 12.1. The van der Waals surface area contributed by atoms with Crippen LogP contribution in [0.25, 0.3) is 0 Å². The highest BCUT2D eigenvalue weighted by Crippen LogP contribution is 2.13. The van der Waals surface area contributed by atoms with E-state index in [1.54, 1.807) is 31.2 Å². The molecule has 0 aromatic heterocycles. The first kappa shape index (κ1) is 14.0. The lowest BCUT2D eigenvalue weighted by Gasteiger charge is -2.08. The van der Waals surface area contributed by atoms with Gasteiger partial charge in [-0.2, -0.15) is 0 Å². The van der Waals surface area contributed by atoms with Gasteiger partial charge in [0.2, 0.25) is 0 Å². The zero-order valence-electron chi connectivity index (χ0n) is 11.3. The summed E-state index contributed by atoms with van der Waals surface area (Å²) >= 11 is 0. The van der Waals surface area contributed by atoms with E-state index in [4.69, 9.17) is 4.74 Å². The number of ketones is 1. The van der Waals surface area contributed by atoms with Gasteiger partial charge in [-0.1, -0.05) is 55.5 Å². The van der Waals surface area contributed by atoms with Crippen molar-refractivity contribution in [2.75, 3.05) is 0 Å². The lowest BCUT2D eigenvalue weighted by atomic mass is 10.0. The molecule has 0 bridgehead atoms. The lowest BCUT2D eigenvalue weighted by Crippen LogP contribution is -2.11. The molecule has 0 aliphatic carbocycles. The average molecular weight is 268 g/mol. The summed E-state index contributed by atoms with van der Waals surface area (Å²) in [5, 5.41) is 0. The quantitative estimate of drug-likeness (QED) is 0.614. The van der Waals surface area contributed by atoms with Crippen LogP contribution in [0.3, 0.4) is 0 Å². The van der Waals surface area contributed by atoms with E-state index >= 15 is 0 Å².